The second kappa shape index (κ2) is 4.37. The minimum absolute atomic E-state index is 0.0708. The van der Waals surface area contributed by atoms with Crippen molar-refractivity contribution in [2.24, 2.45) is 5.18 Å². The van der Waals surface area contributed by atoms with E-state index in [1.807, 2.05) is 0 Å². The number of aromatic hydroxyl groups is 1. The standard InChI is InChI=1S/C10H12N2O3/c13-9-3-1-2-7(10(9)12-14)8-6-15-5-4-11-8/h1-3,8,11,13H,4-6H2. The Morgan fingerprint density at radius 1 is 1.53 bits per heavy atom. The number of hydrogen-bond donors (Lipinski definition) is 2. The summed E-state index contributed by atoms with van der Waals surface area (Å²) in [4.78, 5) is 10.6. The lowest BCUT2D eigenvalue weighted by atomic mass is 10.0. The Morgan fingerprint density at radius 2 is 2.40 bits per heavy atom. The summed E-state index contributed by atoms with van der Waals surface area (Å²) in [6, 6.07) is 4.83. The molecule has 1 aliphatic rings. The van der Waals surface area contributed by atoms with Crippen LogP contribution >= 0.6 is 0 Å². The number of hydrogen-bond acceptors (Lipinski definition) is 5. The van der Waals surface area contributed by atoms with E-state index in [1.54, 1.807) is 12.1 Å². The fraction of sp³-hybridized carbons (Fsp3) is 0.400. The molecule has 1 saturated heterocycles. The smallest absolute Gasteiger partial charge is 0.154 e. The van der Waals surface area contributed by atoms with E-state index in [0.29, 0.717) is 18.8 Å². The molecule has 0 aliphatic carbocycles. The highest BCUT2D eigenvalue weighted by atomic mass is 16.5. The molecule has 0 aromatic heterocycles. The first kappa shape index (κ1) is 10.1. The number of rotatable bonds is 2. The molecule has 1 aromatic carbocycles. The summed E-state index contributed by atoms with van der Waals surface area (Å²) in [6.45, 7) is 1.89. The summed E-state index contributed by atoms with van der Waals surface area (Å²) in [5.41, 5.74) is 0.783. The number of nitrogens with one attached hydrogen (secondary N) is 1. The summed E-state index contributed by atoms with van der Waals surface area (Å²) in [6.07, 6.45) is 0. The maximum Gasteiger partial charge on any atom is 0.154 e. The van der Waals surface area contributed by atoms with Crippen molar-refractivity contribution in [1.29, 1.82) is 0 Å². The number of benzene rings is 1. The summed E-state index contributed by atoms with van der Waals surface area (Å²) in [5, 5.41) is 15.5. The Balaban J connectivity index is 2.33. The molecular weight excluding hydrogens is 196 g/mol. The Kier molecular flexibility index (Phi) is 2.94. The van der Waals surface area contributed by atoms with E-state index in [0.717, 1.165) is 6.54 Å². The SMILES string of the molecule is O=Nc1c(O)cccc1C1COCCN1. The molecule has 0 amide bonds. The third-order valence-corrected chi connectivity index (χ3v) is 2.43. The molecule has 1 fully saturated rings. The van der Waals surface area contributed by atoms with Gasteiger partial charge in [-0.3, -0.25) is 0 Å². The van der Waals surface area contributed by atoms with Crippen LogP contribution in [0.2, 0.25) is 0 Å². The molecule has 0 spiro atoms. The zero-order valence-electron chi connectivity index (χ0n) is 8.14. The van der Waals surface area contributed by atoms with E-state index in [2.05, 4.69) is 10.5 Å². The molecule has 0 saturated carbocycles. The molecule has 5 heteroatoms. The van der Waals surface area contributed by atoms with Gasteiger partial charge < -0.3 is 15.2 Å². The van der Waals surface area contributed by atoms with Gasteiger partial charge in [-0.25, -0.2) is 0 Å². The minimum Gasteiger partial charge on any atom is -0.506 e. The third kappa shape index (κ3) is 1.98. The lowest BCUT2D eigenvalue weighted by molar-refractivity contribution is 0.0770. The van der Waals surface area contributed by atoms with Crippen LogP contribution in [0.4, 0.5) is 5.69 Å². The lowest BCUT2D eigenvalue weighted by Gasteiger charge is -2.24. The number of nitrogens with zero attached hydrogens (tertiary/aromatic N) is 1. The predicted octanol–water partition coefficient (Wildman–Crippen LogP) is 1.45. The summed E-state index contributed by atoms with van der Waals surface area (Å²) < 4.78 is 5.29. The number of nitroso groups, excluding NO2 is 1. The summed E-state index contributed by atoms with van der Waals surface area (Å²) >= 11 is 0. The quantitative estimate of drug-likeness (QED) is 0.721. The van der Waals surface area contributed by atoms with Crippen molar-refractivity contribution in [1.82, 2.24) is 5.32 Å². The fourth-order valence-corrected chi connectivity index (χ4v) is 1.69. The number of phenolic OH excluding ortho intramolecular Hbond substituents is 1. The number of ether oxygens (including phenoxy) is 1. The van der Waals surface area contributed by atoms with Crippen LogP contribution in [0.15, 0.2) is 23.4 Å². The van der Waals surface area contributed by atoms with Gasteiger partial charge in [0.2, 0.25) is 0 Å². The van der Waals surface area contributed by atoms with Gasteiger partial charge in [-0.1, -0.05) is 12.1 Å². The maximum absolute atomic E-state index is 10.6. The molecule has 1 aliphatic heterocycles. The van der Waals surface area contributed by atoms with Crippen molar-refractivity contribution in [3.8, 4) is 5.75 Å². The van der Waals surface area contributed by atoms with Crippen LogP contribution in [0.5, 0.6) is 5.75 Å². The second-order valence-electron chi connectivity index (χ2n) is 3.39. The Hall–Kier alpha value is -1.46. The van der Waals surface area contributed by atoms with Crippen LogP contribution in [-0.2, 0) is 4.74 Å². The van der Waals surface area contributed by atoms with Crippen LogP contribution in [0.25, 0.3) is 0 Å². The maximum atomic E-state index is 10.6. The molecule has 15 heavy (non-hydrogen) atoms. The van der Waals surface area contributed by atoms with E-state index in [1.165, 1.54) is 6.07 Å². The molecule has 1 unspecified atom stereocenters. The van der Waals surface area contributed by atoms with Gasteiger partial charge in [0.25, 0.3) is 0 Å². The van der Waals surface area contributed by atoms with Gasteiger partial charge >= 0.3 is 0 Å². The first-order valence-electron chi connectivity index (χ1n) is 4.79. The van der Waals surface area contributed by atoms with Crippen molar-refractivity contribution < 1.29 is 9.84 Å². The van der Waals surface area contributed by atoms with E-state index in [9.17, 15) is 10.0 Å². The van der Waals surface area contributed by atoms with E-state index < -0.39 is 0 Å². The van der Waals surface area contributed by atoms with Crippen molar-refractivity contribution in [2.75, 3.05) is 19.8 Å². The van der Waals surface area contributed by atoms with Crippen LogP contribution < -0.4 is 5.32 Å². The summed E-state index contributed by atoms with van der Waals surface area (Å²) in [7, 11) is 0. The Labute approximate surface area is 87.0 Å². The monoisotopic (exact) mass is 208 g/mol. The van der Waals surface area contributed by atoms with E-state index >= 15 is 0 Å². The average molecular weight is 208 g/mol. The molecule has 1 atom stereocenters. The Bertz CT molecular complexity index is 362. The van der Waals surface area contributed by atoms with Gasteiger partial charge in [0.1, 0.15) is 5.75 Å². The third-order valence-electron chi connectivity index (χ3n) is 2.43. The minimum atomic E-state index is -0.0881. The Morgan fingerprint density at radius 3 is 3.07 bits per heavy atom. The molecule has 80 valence electrons. The second-order valence-corrected chi connectivity index (χ2v) is 3.39. The zero-order chi connectivity index (χ0) is 10.7. The molecule has 0 radical (unpaired) electrons. The number of phenols is 1. The van der Waals surface area contributed by atoms with Crippen molar-refractivity contribution in [3.63, 3.8) is 0 Å². The highest BCUT2D eigenvalue weighted by Crippen LogP contribution is 2.34. The van der Waals surface area contributed by atoms with E-state index in [4.69, 9.17) is 4.74 Å². The predicted molar refractivity (Wildman–Crippen MR) is 55.1 cm³/mol. The fourth-order valence-electron chi connectivity index (χ4n) is 1.69. The van der Waals surface area contributed by atoms with Crippen LogP contribution in [-0.4, -0.2) is 24.9 Å². The van der Waals surface area contributed by atoms with Gasteiger partial charge in [0, 0.05) is 12.1 Å². The van der Waals surface area contributed by atoms with Gasteiger partial charge in [0.15, 0.2) is 5.69 Å². The van der Waals surface area contributed by atoms with Gasteiger partial charge in [-0.05, 0) is 11.2 Å². The van der Waals surface area contributed by atoms with Crippen LogP contribution in [0.1, 0.15) is 11.6 Å². The molecule has 2 N–H and O–H groups in total. The first-order chi connectivity index (χ1) is 7.33. The molecule has 1 heterocycles. The molecule has 1 aromatic rings. The first-order valence-corrected chi connectivity index (χ1v) is 4.79. The lowest BCUT2D eigenvalue weighted by Crippen LogP contribution is -2.34. The van der Waals surface area contributed by atoms with Gasteiger partial charge in [0.05, 0.1) is 19.3 Å². The molecule has 0 bridgehead atoms. The van der Waals surface area contributed by atoms with Crippen LogP contribution in [0.3, 0.4) is 0 Å². The normalized spacial score (nSPS) is 21.2. The van der Waals surface area contributed by atoms with Crippen molar-refractivity contribution >= 4 is 5.69 Å². The number of morpholine rings is 1. The van der Waals surface area contributed by atoms with Gasteiger partial charge in [-0.2, -0.15) is 0 Å². The highest BCUT2D eigenvalue weighted by Gasteiger charge is 2.20. The zero-order valence-corrected chi connectivity index (χ0v) is 8.14. The molecular formula is C10H12N2O3. The van der Waals surface area contributed by atoms with Crippen LogP contribution in [0, 0.1) is 4.91 Å². The van der Waals surface area contributed by atoms with E-state index in [-0.39, 0.29) is 17.5 Å². The molecule has 2 rings (SSSR count). The topological polar surface area (TPSA) is 70.9 Å². The molecule has 5 nitrogen and oxygen atoms in total. The largest absolute Gasteiger partial charge is 0.506 e. The van der Waals surface area contributed by atoms with Gasteiger partial charge in [-0.15, -0.1) is 4.91 Å². The highest BCUT2D eigenvalue weighted by molar-refractivity contribution is 5.58. The summed E-state index contributed by atoms with van der Waals surface area (Å²) in [5.74, 6) is -0.0881. The van der Waals surface area contributed by atoms with Crippen molar-refractivity contribution in [3.05, 3.63) is 28.7 Å². The van der Waals surface area contributed by atoms with Crippen molar-refractivity contribution in [2.45, 2.75) is 6.04 Å². The average Bonchev–Trinajstić information content (AvgIpc) is 2.30.